The van der Waals surface area contributed by atoms with Gasteiger partial charge in [-0.05, 0) is 43.5 Å². The second kappa shape index (κ2) is 6.28. The van der Waals surface area contributed by atoms with Gasteiger partial charge in [0.15, 0.2) is 0 Å². The van der Waals surface area contributed by atoms with Crippen molar-refractivity contribution in [2.24, 2.45) is 0 Å². The molecule has 0 bridgehead atoms. The van der Waals surface area contributed by atoms with Crippen LogP contribution in [0.4, 0.5) is 4.39 Å². The molecule has 1 aromatic carbocycles. The number of hydrogen-bond acceptors (Lipinski definition) is 3. The molecule has 0 atom stereocenters. The average Bonchev–Trinajstić information content (AvgIpc) is 2.55. The van der Waals surface area contributed by atoms with Crippen LogP contribution >= 0.6 is 0 Å². The van der Waals surface area contributed by atoms with Gasteiger partial charge in [-0.15, -0.1) is 0 Å². The number of benzene rings is 1. The molecule has 23 heavy (non-hydrogen) atoms. The Kier molecular flexibility index (Phi) is 4.19. The van der Waals surface area contributed by atoms with E-state index in [2.05, 4.69) is 9.97 Å². The largest absolute Gasteiger partial charge is 0.334 e. The molecular weight excluding hydrogens is 293 g/mol. The zero-order valence-electron chi connectivity index (χ0n) is 13.2. The summed E-state index contributed by atoms with van der Waals surface area (Å²) in [6.45, 7) is 4.81. The summed E-state index contributed by atoms with van der Waals surface area (Å²) in [6, 6.07) is 6.47. The van der Waals surface area contributed by atoms with Gasteiger partial charge in [-0.3, -0.25) is 4.79 Å². The Morgan fingerprint density at radius 3 is 2.57 bits per heavy atom. The lowest BCUT2D eigenvalue weighted by molar-refractivity contribution is 0.0771. The molecule has 2 aromatic rings. The third-order valence-electron chi connectivity index (χ3n) is 4.04. The smallest absolute Gasteiger partial charge is 0.257 e. The van der Waals surface area contributed by atoms with Crippen LogP contribution in [0.3, 0.4) is 0 Å². The van der Waals surface area contributed by atoms with Gasteiger partial charge < -0.3 is 4.90 Å². The van der Waals surface area contributed by atoms with Crippen LogP contribution < -0.4 is 0 Å². The van der Waals surface area contributed by atoms with E-state index in [0.717, 1.165) is 17.6 Å². The maximum absolute atomic E-state index is 13.0. The quantitative estimate of drug-likeness (QED) is 0.856. The van der Waals surface area contributed by atoms with Crippen molar-refractivity contribution < 1.29 is 9.18 Å². The lowest BCUT2D eigenvalue weighted by Crippen LogP contribution is -2.35. The van der Waals surface area contributed by atoms with Crippen LogP contribution in [0, 0.1) is 19.7 Å². The van der Waals surface area contributed by atoms with Crippen molar-refractivity contribution in [2.45, 2.75) is 20.3 Å². The minimum atomic E-state index is -0.239. The van der Waals surface area contributed by atoms with Crippen LogP contribution in [0.25, 0.3) is 5.57 Å². The summed E-state index contributed by atoms with van der Waals surface area (Å²) in [5, 5.41) is 0. The van der Waals surface area contributed by atoms with Crippen LogP contribution in [-0.2, 0) is 0 Å². The Morgan fingerprint density at radius 2 is 1.96 bits per heavy atom. The van der Waals surface area contributed by atoms with E-state index in [1.54, 1.807) is 30.2 Å². The molecule has 0 radical (unpaired) electrons. The first-order chi connectivity index (χ1) is 11.0. The van der Waals surface area contributed by atoms with E-state index in [-0.39, 0.29) is 11.7 Å². The number of rotatable bonds is 2. The third-order valence-corrected chi connectivity index (χ3v) is 4.04. The molecule has 0 saturated heterocycles. The van der Waals surface area contributed by atoms with Gasteiger partial charge in [-0.2, -0.15) is 0 Å². The SMILES string of the molecule is Cc1ncc(C(=O)N2CC=C(c3ccc(F)cc3)CC2)c(C)n1. The zero-order valence-corrected chi connectivity index (χ0v) is 13.2. The van der Waals surface area contributed by atoms with Crippen molar-refractivity contribution in [1.29, 1.82) is 0 Å². The summed E-state index contributed by atoms with van der Waals surface area (Å²) in [6.07, 6.45) is 4.38. The van der Waals surface area contributed by atoms with Crippen LogP contribution in [-0.4, -0.2) is 33.9 Å². The van der Waals surface area contributed by atoms with Crippen molar-refractivity contribution in [3.63, 3.8) is 0 Å². The summed E-state index contributed by atoms with van der Waals surface area (Å²) in [4.78, 5) is 22.7. The van der Waals surface area contributed by atoms with E-state index in [9.17, 15) is 9.18 Å². The van der Waals surface area contributed by atoms with Crippen LogP contribution in [0.1, 0.15) is 33.9 Å². The normalized spacial score (nSPS) is 14.6. The number of aryl methyl sites for hydroxylation is 2. The molecule has 0 spiro atoms. The molecule has 0 N–H and O–H groups in total. The lowest BCUT2D eigenvalue weighted by Gasteiger charge is -2.27. The van der Waals surface area contributed by atoms with Gasteiger partial charge in [0.25, 0.3) is 5.91 Å². The summed E-state index contributed by atoms with van der Waals surface area (Å²) >= 11 is 0. The fourth-order valence-corrected chi connectivity index (χ4v) is 2.74. The number of hydrogen-bond donors (Lipinski definition) is 0. The molecule has 118 valence electrons. The van der Waals surface area contributed by atoms with E-state index in [4.69, 9.17) is 0 Å². The van der Waals surface area contributed by atoms with Crippen molar-refractivity contribution in [2.75, 3.05) is 13.1 Å². The zero-order chi connectivity index (χ0) is 16.4. The molecule has 2 heterocycles. The molecule has 0 fully saturated rings. The number of halogens is 1. The Hall–Kier alpha value is -2.56. The Labute approximate surface area is 134 Å². The molecule has 0 unspecified atom stereocenters. The fraction of sp³-hybridized carbons (Fsp3) is 0.278. The standard InChI is InChI=1S/C18H18FN3O/c1-12-17(11-20-13(2)21-12)18(23)22-9-7-15(8-10-22)14-3-5-16(19)6-4-14/h3-7,11H,8-10H2,1-2H3. The monoisotopic (exact) mass is 311 g/mol. The molecule has 1 aliphatic heterocycles. The number of carbonyl (C=O) groups excluding carboxylic acids is 1. The molecule has 0 saturated carbocycles. The predicted octanol–water partition coefficient (Wildman–Crippen LogP) is 3.16. The minimum Gasteiger partial charge on any atom is -0.334 e. The summed E-state index contributed by atoms with van der Waals surface area (Å²) in [5.41, 5.74) is 3.41. The third kappa shape index (κ3) is 3.28. The molecular formula is C18H18FN3O. The van der Waals surface area contributed by atoms with Crippen LogP contribution in [0.5, 0.6) is 0 Å². The Balaban J connectivity index is 1.75. The average molecular weight is 311 g/mol. The number of aromatic nitrogens is 2. The van der Waals surface area contributed by atoms with Crippen LogP contribution in [0.15, 0.2) is 36.5 Å². The van der Waals surface area contributed by atoms with Gasteiger partial charge in [0, 0.05) is 19.3 Å². The summed E-state index contributed by atoms with van der Waals surface area (Å²) in [5.74, 6) is 0.380. The topological polar surface area (TPSA) is 46.1 Å². The highest BCUT2D eigenvalue weighted by Crippen LogP contribution is 2.23. The fourth-order valence-electron chi connectivity index (χ4n) is 2.74. The van der Waals surface area contributed by atoms with Crippen LogP contribution in [0.2, 0.25) is 0 Å². The van der Waals surface area contributed by atoms with E-state index in [1.807, 2.05) is 13.0 Å². The predicted molar refractivity (Wildman–Crippen MR) is 86.4 cm³/mol. The second-order valence-corrected chi connectivity index (χ2v) is 5.65. The van der Waals surface area contributed by atoms with Gasteiger partial charge in [0.1, 0.15) is 11.6 Å². The number of amides is 1. The molecule has 1 aliphatic rings. The van der Waals surface area contributed by atoms with Crippen molar-refractivity contribution in [3.8, 4) is 0 Å². The first-order valence-corrected chi connectivity index (χ1v) is 7.59. The molecule has 1 amide bonds. The maximum atomic E-state index is 13.0. The maximum Gasteiger partial charge on any atom is 0.257 e. The lowest BCUT2D eigenvalue weighted by atomic mass is 9.99. The number of carbonyl (C=O) groups is 1. The van der Waals surface area contributed by atoms with Crippen molar-refractivity contribution in [3.05, 3.63) is 65.0 Å². The summed E-state index contributed by atoms with van der Waals surface area (Å²) in [7, 11) is 0. The van der Waals surface area contributed by atoms with Gasteiger partial charge >= 0.3 is 0 Å². The second-order valence-electron chi connectivity index (χ2n) is 5.65. The molecule has 1 aromatic heterocycles. The van der Waals surface area contributed by atoms with Crippen molar-refractivity contribution >= 4 is 11.5 Å². The first-order valence-electron chi connectivity index (χ1n) is 7.59. The van der Waals surface area contributed by atoms with E-state index >= 15 is 0 Å². The molecule has 3 rings (SSSR count). The first kappa shape index (κ1) is 15.3. The Bertz CT molecular complexity index is 768. The van der Waals surface area contributed by atoms with E-state index in [1.165, 1.54) is 12.1 Å². The Morgan fingerprint density at radius 1 is 1.22 bits per heavy atom. The number of nitrogens with zero attached hydrogens (tertiary/aromatic N) is 3. The van der Waals surface area contributed by atoms with Crippen molar-refractivity contribution in [1.82, 2.24) is 14.9 Å². The highest BCUT2D eigenvalue weighted by atomic mass is 19.1. The van der Waals surface area contributed by atoms with Gasteiger partial charge in [-0.25, -0.2) is 14.4 Å². The molecule has 4 nitrogen and oxygen atoms in total. The van der Waals surface area contributed by atoms with E-state index in [0.29, 0.717) is 30.2 Å². The molecule has 5 heteroatoms. The summed E-state index contributed by atoms with van der Waals surface area (Å²) < 4.78 is 13.0. The molecule has 0 aliphatic carbocycles. The minimum absolute atomic E-state index is 0.0445. The van der Waals surface area contributed by atoms with Gasteiger partial charge in [0.05, 0.1) is 11.3 Å². The highest BCUT2D eigenvalue weighted by Gasteiger charge is 2.21. The van der Waals surface area contributed by atoms with Gasteiger partial charge in [0.2, 0.25) is 0 Å². The van der Waals surface area contributed by atoms with Gasteiger partial charge in [-0.1, -0.05) is 18.2 Å². The van der Waals surface area contributed by atoms with E-state index < -0.39 is 0 Å². The highest BCUT2D eigenvalue weighted by molar-refractivity contribution is 5.95.